The van der Waals surface area contributed by atoms with E-state index in [9.17, 15) is 0 Å². The number of anilines is 1. The van der Waals surface area contributed by atoms with Gasteiger partial charge in [0.25, 0.3) is 0 Å². The molecular formula is C14H26N4. The monoisotopic (exact) mass is 250 g/mol. The average Bonchev–Trinajstić information content (AvgIpc) is 2.33. The Labute approximate surface area is 110 Å². The first-order chi connectivity index (χ1) is 8.63. The van der Waals surface area contributed by atoms with Gasteiger partial charge in [0.05, 0.1) is 0 Å². The Kier molecular flexibility index (Phi) is 6.65. The van der Waals surface area contributed by atoms with Gasteiger partial charge in [0.1, 0.15) is 11.6 Å². The summed E-state index contributed by atoms with van der Waals surface area (Å²) < 4.78 is 0. The second kappa shape index (κ2) is 8.03. The van der Waals surface area contributed by atoms with E-state index in [4.69, 9.17) is 5.73 Å². The highest BCUT2D eigenvalue weighted by atomic mass is 15.0. The minimum Gasteiger partial charge on any atom is -0.370 e. The van der Waals surface area contributed by atoms with Gasteiger partial charge < -0.3 is 11.1 Å². The molecular weight excluding hydrogens is 224 g/mol. The normalized spacial score (nSPS) is 10.9. The van der Waals surface area contributed by atoms with Crippen molar-refractivity contribution in [2.45, 2.75) is 52.4 Å². The van der Waals surface area contributed by atoms with Crippen LogP contribution in [0.15, 0.2) is 6.07 Å². The van der Waals surface area contributed by atoms with Crippen molar-refractivity contribution in [2.75, 3.05) is 18.4 Å². The summed E-state index contributed by atoms with van der Waals surface area (Å²) in [6.07, 6.45) is 4.74. The standard InChI is InChI=1S/C14H26N4/c1-11(2)14-17-12(3)10-13(18-14)16-9-7-5-4-6-8-15/h10-11H,4-9,15H2,1-3H3,(H,16,17,18). The average molecular weight is 250 g/mol. The van der Waals surface area contributed by atoms with Crippen LogP contribution in [-0.4, -0.2) is 23.1 Å². The predicted octanol–water partition coefficient (Wildman–Crippen LogP) is 2.84. The van der Waals surface area contributed by atoms with Crippen LogP contribution in [0.25, 0.3) is 0 Å². The number of unbranched alkanes of at least 4 members (excludes halogenated alkanes) is 3. The van der Waals surface area contributed by atoms with Gasteiger partial charge in [-0.15, -0.1) is 0 Å². The summed E-state index contributed by atoms with van der Waals surface area (Å²) in [5, 5.41) is 3.38. The molecule has 102 valence electrons. The quantitative estimate of drug-likeness (QED) is 0.696. The van der Waals surface area contributed by atoms with Gasteiger partial charge in [0.15, 0.2) is 0 Å². The van der Waals surface area contributed by atoms with Crippen molar-refractivity contribution in [3.8, 4) is 0 Å². The van der Waals surface area contributed by atoms with E-state index in [-0.39, 0.29) is 0 Å². The Morgan fingerprint density at radius 2 is 1.89 bits per heavy atom. The molecule has 1 aromatic rings. The minimum absolute atomic E-state index is 0.370. The number of hydrogen-bond acceptors (Lipinski definition) is 4. The maximum Gasteiger partial charge on any atom is 0.133 e. The lowest BCUT2D eigenvalue weighted by Gasteiger charge is -2.10. The molecule has 0 amide bonds. The third kappa shape index (κ3) is 5.45. The van der Waals surface area contributed by atoms with Gasteiger partial charge in [-0.3, -0.25) is 0 Å². The topological polar surface area (TPSA) is 63.8 Å². The summed E-state index contributed by atoms with van der Waals surface area (Å²) in [5.74, 6) is 2.24. The zero-order valence-corrected chi connectivity index (χ0v) is 11.9. The minimum atomic E-state index is 0.370. The van der Waals surface area contributed by atoms with Crippen molar-refractivity contribution < 1.29 is 0 Å². The van der Waals surface area contributed by atoms with E-state index in [1.54, 1.807) is 0 Å². The second-order valence-electron chi connectivity index (χ2n) is 5.04. The Morgan fingerprint density at radius 1 is 1.17 bits per heavy atom. The number of hydrogen-bond donors (Lipinski definition) is 2. The van der Waals surface area contributed by atoms with Crippen molar-refractivity contribution in [2.24, 2.45) is 5.73 Å². The maximum absolute atomic E-state index is 5.46. The number of aromatic nitrogens is 2. The Balaban J connectivity index is 2.37. The molecule has 0 radical (unpaired) electrons. The van der Waals surface area contributed by atoms with Crippen LogP contribution in [-0.2, 0) is 0 Å². The molecule has 0 aliphatic rings. The summed E-state index contributed by atoms with van der Waals surface area (Å²) in [6.45, 7) is 8.02. The van der Waals surface area contributed by atoms with Crippen LogP contribution in [0.3, 0.4) is 0 Å². The molecule has 0 aliphatic heterocycles. The zero-order chi connectivity index (χ0) is 13.4. The van der Waals surface area contributed by atoms with Crippen molar-refractivity contribution in [3.63, 3.8) is 0 Å². The van der Waals surface area contributed by atoms with Crippen LogP contribution < -0.4 is 11.1 Å². The Morgan fingerprint density at radius 3 is 2.56 bits per heavy atom. The van der Waals surface area contributed by atoms with Gasteiger partial charge in [0.2, 0.25) is 0 Å². The lowest BCUT2D eigenvalue weighted by atomic mass is 10.2. The zero-order valence-electron chi connectivity index (χ0n) is 11.9. The van der Waals surface area contributed by atoms with Crippen LogP contribution in [0, 0.1) is 6.92 Å². The number of nitrogens with zero attached hydrogens (tertiary/aromatic N) is 2. The van der Waals surface area contributed by atoms with Gasteiger partial charge in [0, 0.05) is 24.2 Å². The van der Waals surface area contributed by atoms with Crippen LogP contribution in [0.2, 0.25) is 0 Å². The molecule has 0 aromatic carbocycles. The highest BCUT2D eigenvalue weighted by Gasteiger charge is 2.05. The smallest absolute Gasteiger partial charge is 0.133 e. The first-order valence-electron chi connectivity index (χ1n) is 6.93. The van der Waals surface area contributed by atoms with E-state index in [0.29, 0.717) is 5.92 Å². The van der Waals surface area contributed by atoms with E-state index in [1.807, 2.05) is 13.0 Å². The summed E-state index contributed by atoms with van der Waals surface area (Å²) >= 11 is 0. The Bertz CT molecular complexity index is 350. The first kappa shape index (κ1) is 14.9. The molecule has 4 heteroatoms. The lowest BCUT2D eigenvalue weighted by molar-refractivity contribution is 0.660. The van der Waals surface area contributed by atoms with E-state index in [2.05, 4.69) is 29.1 Å². The predicted molar refractivity (Wildman–Crippen MR) is 76.9 cm³/mol. The molecule has 0 saturated heterocycles. The number of rotatable bonds is 8. The summed E-state index contributed by atoms with van der Waals surface area (Å²) in [5.41, 5.74) is 6.49. The molecule has 1 aromatic heterocycles. The van der Waals surface area contributed by atoms with Crippen molar-refractivity contribution in [1.29, 1.82) is 0 Å². The Hall–Kier alpha value is -1.16. The van der Waals surface area contributed by atoms with Gasteiger partial charge in [-0.2, -0.15) is 0 Å². The fraction of sp³-hybridized carbons (Fsp3) is 0.714. The first-order valence-corrected chi connectivity index (χ1v) is 6.93. The molecule has 1 rings (SSSR count). The molecule has 0 unspecified atom stereocenters. The van der Waals surface area contributed by atoms with Gasteiger partial charge in [-0.25, -0.2) is 9.97 Å². The molecule has 1 heterocycles. The largest absolute Gasteiger partial charge is 0.370 e. The number of aryl methyl sites for hydroxylation is 1. The van der Waals surface area contributed by atoms with E-state index < -0.39 is 0 Å². The van der Waals surface area contributed by atoms with Gasteiger partial charge in [-0.05, 0) is 26.3 Å². The van der Waals surface area contributed by atoms with Gasteiger partial charge in [-0.1, -0.05) is 26.7 Å². The van der Waals surface area contributed by atoms with E-state index in [0.717, 1.165) is 36.8 Å². The molecule has 3 N–H and O–H groups in total. The SMILES string of the molecule is Cc1cc(NCCCCCCN)nc(C(C)C)n1. The maximum atomic E-state index is 5.46. The van der Waals surface area contributed by atoms with Crippen LogP contribution >= 0.6 is 0 Å². The lowest BCUT2D eigenvalue weighted by Crippen LogP contribution is -2.08. The highest BCUT2D eigenvalue weighted by Crippen LogP contribution is 2.13. The fourth-order valence-corrected chi connectivity index (χ4v) is 1.78. The molecule has 0 atom stereocenters. The summed E-state index contributed by atoms with van der Waals surface area (Å²) in [7, 11) is 0. The highest BCUT2D eigenvalue weighted by molar-refractivity contribution is 5.36. The van der Waals surface area contributed by atoms with Crippen LogP contribution in [0.5, 0.6) is 0 Å². The van der Waals surface area contributed by atoms with Gasteiger partial charge >= 0.3 is 0 Å². The molecule has 0 spiro atoms. The van der Waals surface area contributed by atoms with Crippen molar-refractivity contribution >= 4 is 5.82 Å². The molecule has 0 saturated carbocycles. The number of nitrogens with one attached hydrogen (secondary N) is 1. The fourth-order valence-electron chi connectivity index (χ4n) is 1.78. The summed E-state index contributed by atoms with van der Waals surface area (Å²) in [6, 6.07) is 2.01. The van der Waals surface area contributed by atoms with Crippen molar-refractivity contribution in [1.82, 2.24) is 9.97 Å². The molecule has 18 heavy (non-hydrogen) atoms. The van der Waals surface area contributed by atoms with E-state index >= 15 is 0 Å². The number of nitrogens with two attached hydrogens (primary N) is 1. The summed E-state index contributed by atoms with van der Waals surface area (Å²) in [4.78, 5) is 8.96. The second-order valence-corrected chi connectivity index (χ2v) is 5.04. The molecule has 0 aliphatic carbocycles. The van der Waals surface area contributed by atoms with Crippen LogP contribution in [0.4, 0.5) is 5.82 Å². The van der Waals surface area contributed by atoms with Crippen LogP contribution in [0.1, 0.15) is 57.0 Å². The molecule has 0 bridgehead atoms. The molecule has 4 nitrogen and oxygen atoms in total. The van der Waals surface area contributed by atoms with E-state index in [1.165, 1.54) is 19.3 Å². The van der Waals surface area contributed by atoms with Crippen molar-refractivity contribution in [3.05, 3.63) is 17.6 Å². The third-order valence-corrected chi connectivity index (χ3v) is 2.82. The molecule has 0 fully saturated rings. The third-order valence-electron chi connectivity index (χ3n) is 2.82.